The number of halogens is 6. The molecule has 15 heavy (non-hydrogen) atoms. The first-order chi connectivity index (χ1) is 6.71. The van der Waals surface area contributed by atoms with Crippen LogP contribution in [0.2, 0.25) is 0 Å². The van der Waals surface area contributed by atoms with Gasteiger partial charge in [0, 0.05) is 6.54 Å². The number of rotatable bonds is 2. The second-order valence-corrected chi connectivity index (χ2v) is 6.49. The molecular weight excluding hydrogens is 310 g/mol. The number of hydrogen-bond acceptors (Lipinski definition) is 3. The lowest BCUT2D eigenvalue weighted by molar-refractivity contribution is -0.00189. The van der Waals surface area contributed by atoms with Crippen LogP contribution in [-0.2, 0) is 0 Å². The smallest absolute Gasteiger partial charge is 0.227 e. The minimum Gasteiger partial charge on any atom is -0.267 e. The van der Waals surface area contributed by atoms with Gasteiger partial charge in [-0.25, -0.2) is 0 Å². The van der Waals surface area contributed by atoms with Crippen LogP contribution < -0.4 is 0 Å². The molecule has 1 unspecified atom stereocenters. The minimum atomic E-state index is -2.04. The van der Waals surface area contributed by atoms with Crippen molar-refractivity contribution in [3.63, 3.8) is 0 Å². The van der Waals surface area contributed by atoms with Gasteiger partial charge in [-0.2, -0.15) is 10.2 Å². The molecule has 88 valence electrons. The molecule has 0 amide bonds. The van der Waals surface area contributed by atoms with Crippen molar-refractivity contribution >= 4 is 64.3 Å². The van der Waals surface area contributed by atoms with Gasteiger partial charge in [0.15, 0.2) is 6.17 Å². The molecule has 0 aliphatic carbocycles. The van der Waals surface area contributed by atoms with Gasteiger partial charge >= 0.3 is 0 Å². The Morgan fingerprint density at radius 2 is 1.87 bits per heavy atom. The summed E-state index contributed by atoms with van der Waals surface area (Å²) in [6, 6.07) is 0. The van der Waals surface area contributed by atoms with Gasteiger partial charge in [-0.15, -0.1) is 0 Å². The molecule has 0 aromatic rings. The Morgan fingerprint density at radius 3 is 2.27 bits per heavy atom. The lowest BCUT2D eigenvalue weighted by Gasteiger charge is -2.37. The van der Waals surface area contributed by atoms with Crippen molar-refractivity contribution in [3.8, 4) is 0 Å². The van der Waals surface area contributed by atoms with E-state index in [0.29, 0.717) is 6.54 Å². The Kier molecular flexibility index (Phi) is 4.11. The van der Waals surface area contributed by atoms with E-state index in [0.717, 1.165) is 6.34 Å². The predicted octanol–water partition coefficient (Wildman–Crippen LogP) is 3.32. The Balaban J connectivity index is 2.96. The summed E-state index contributed by atoms with van der Waals surface area (Å²) in [4.78, 5) is 0. The SMILES string of the molecule is CCN1N=CN(F)C1C(Cl)(Cl)C(Cl)(Cl)Cl. The Hall–Kier alpha value is 0.650. The second kappa shape index (κ2) is 4.49. The van der Waals surface area contributed by atoms with Crippen LogP contribution >= 0.6 is 58.0 Å². The first-order valence-electron chi connectivity index (χ1n) is 3.91. The van der Waals surface area contributed by atoms with Crippen molar-refractivity contribution in [1.29, 1.82) is 0 Å². The van der Waals surface area contributed by atoms with Crippen molar-refractivity contribution in [1.82, 2.24) is 10.1 Å². The average molecular weight is 317 g/mol. The summed E-state index contributed by atoms with van der Waals surface area (Å²) in [6.07, 6.45) is -0.247. The fourth-order valence-corrected chi connectivity index (χ4v) is 1.82. The Bertz CT molecular complexity index is 266. The van der Waals surface area contributed by atoms with Gasteiger partial charge in [0.1, 0.15) is 6.34 Å². The quantitative estimate of drug-likeness (QED) is 0.575. The maximum absolute atomic E-state index is 13.3. The van der Waals surface area contributed by atoms with E-state index in [9.17, 15) is 4.48 Å². The van der Waals surface area contributed by atoms with Crippen LogP contribution in [0.15, 0.2) is 5.10 Å². The summed E-state index contributed by atoms with van der Waals surface area (Å²) in [5, 5.41) is 5.19. The molecule has 0 saturated carbocycles. The highest BCUT2D eigenvalue weighted by atomic mass is 35.6. The van der Waals surface area contributed by atoms with Crippen LogP contribution in [0, 0.1) is 0 Å². The first-order valence-corrected chi connectivity index (χ1v) is 5.80. The van der Waals surface area contributed by atoms with E-state index >= 15 is 0 Å². The van der Waals surface area contributed by atoms with Crippen LogP contribution in [0.3, 0.4) is 0 Å². The van der Waals surface area contributed by atoms with Gasteiger partial charge in [-0.05, 0) is 6.92 Å². The third kappa shape index (κ3) is 2.50. The van der Waals surface area contributed by atoms with Crippen molar-refractivity contribution < 1.29 is 4.48 Å². The van der Waals surface area contributed by atoms with Crippen LogP contribution in [0.25, 0.3) is 0 Å². The van der Waals surface area contributed by atoms with Gasteiger partial charge in [0.25, 0.3) is 0 Å². The zero-order chi connectivity index (χ0) is 11.9. The largest absolute Gasteiger partial charge is 0.267 e. The zero-order valence-corrected chi connectivity index (χ0v) is 11.3. The first kappa shape index (κ1) is 13.7. The molecular formula is C6H7Cl5FN3. The second-order valence-electron chi connectivity index (χ2n) is 2.83. The number of hydrazone groups is 1. The third-order valence-corrected chi connectivity index (χ3v) is 4.28. The van der Waals surface area contributed by atoms with Gasteiger partial charge in [0.2, 0.25) is 8.13 Å². The normalized spacial score (nSPS) is 22.7. The lowest BCUT2D eigenvalue weighted by atomic mass is 10.3. The van der Waals surface area contributed by atoms with Crippen LogP contribution in [0.5, 0.6) is 0 Å². The van der Waals surface area contributed by atoms with Gasteiger partial charge in [0.05, 0.1) is 0 Å². The standard InChI is InChI=1S/C6H7Cl5FN3/c1-2-15-4(14(12)3-13-15)5(7,8)6(9,10)11/h3-4H,2H2,1H3. The number of hydrogen-bond donors (Lipinski definition) is 0. The van der Waals surface area contributed by atoms with Crippen molar-refractivity contribution in [3.05, 3.63) is 0 Å². The van der Waals surface area contributed by atoms with Gasteiger partial charge in [-0.3, -0.25) is 5.01 Å². The monoisotopic (exact) mass is 315 g/mol. The molecule has 1 rings (SSSR count). The molecule has 0 bridgehead atoms. The van der Waals surface area contributed by atoms with Crippen molar-refractivity contribution in [2.75, 3.05) is 6.54 Å². The fourth-order valence-electron chi connectivity index (χ4n) is 1.11. The van der Waals surface area contributed by atoms with E-state index in [1.54, 1.807) is 6.92 Å². The topological polar surface area (TPSA) is 18.8 Å². The molecule has 1 aliphatic rings. The Labute approximate surface area is 112 Å². The molecule has 9 heteroatoms. The molecule has 1 heterocycles. The molecule has 0 N–H and O–H groups in total. The lowest BCUT2D eigenvalue weighted by Crippen LogP contribution is -2.54. The highest BCUT2D eigenvalue weighted by Gasteiger charge is 2.57. The molecule has 0 spiro atoms. The highest BCUT2D eigenvalue weighted by Crippen LogP contribution is 2.50. The molecule has 0 saturated heterocycles. The zero-order valence-electron chi connectivity index (χ0n) is 7.47. The van der Waals surface area contributed by atoms with Crippen LogP contribution in [-0.4, -0.2) is 37.3 Å². The average Bonchev–Trinajstić information content (AvgIpc) is 2.44. The highest BCUT2D eigenvalue weighted by molar-refractivity contribution is 6.75. The summed E-state index contributed by atoms with van der Waals surface area (Å²) in [7, 11) is 0. The molecule has 0 aromatic heterocycles. The maximum Gasteiger partial charge on any atom is 0.227 e. The van der Waals surface area contributed by atoms with Crippen LogP contribution in [0.1, 0.15) is 6.92 Å². The summed E-state index contributed by atoms with van der Waals surface area (Å²) in [6.45, 7) is 2.12. The summed E-state index contributed by atoms with van der Waals surface area (Å²) in [5.41, 5.74) is 0. The Morgan fingerprint density at radius 1 is 1.33 bits per heavy atom. The van der Waals surface area contributed by atoms with Gasteiger partial charge in [-0.1, -0.05) is 62.5 Å². The van der Waals surface area contributed by atoms with E-state index in [1.165, 1.54) is 5.01 Å². The minimum absolute atomic E-state index is 0.200. The molecule has 3 nitrogen and oxygen atoms in total. The van der Waals surface area contributed by atoms with E-state index < -0.39 is 14.3 Å². The number of alkyl halides is 5. The molecule has 0 radical (unpaired) electrons. The molecule has 0 aromatic carbocycles. The van der Waals surface area contributed by atoms with E-state index in [4.69, 9.17) is 58.0 Å². The fraction of sp³-hybridized carbons (Fsp3) is 0.833. The molecule has 0 fully saturated rings. The summed E-state index contributed by atoms with van der Waals surface area (Å²) < 4.78 is 9.37. The maximum atomic E-state index is 13.3. The van der Waals surface area contributed by atoms with E-state index in [1.807, 2.05) is 0 Å². The summed E-state index contributed by atoms with van der Waals surface area (Å²) in [5.74, 6) is 0. The predicted molar refractivity (Wildman–Crippen MR) is 62.3 cm³/mol. The summed E-state index contributed by atoms with van der Waals surface area (Å²) >= 11 is 28.5. The number of nitrogens with zero attached hydrogens (tertiary/aromatic N) is 3. The van der Waals surface area contributed by atoms with E-state index in [2.05, 4.69) is 5.10 Å². The van der Waals surface area contributed by atoms with E-state index in [-0.39, 0.29) is 5.12 Å². The molecule has 1 aliphatic heterocycles. The van der Waals surface area contributed by atoms with Crippen molar-refractivity contribution in [2.24, 2.45) is 5.10 Å². The molecule has 1 atom stereocenters. The van der Waals surface area contributed by atoms with Gasteiger partial charge < -0.3 is 0 Å². The third-order valence-electron chi connectivity index (χ3n) is 1.85. The van der Waals surface area contributed by atoms with Crippen LogP contribution in [0.4, 0.5) is 4.48 Å². The van der Waals surface area contributed by atoms with Crippen molar-refractivity contribution in [2.45, 2.75) is 21.2 Å².